The predicted octanol–water partition coefficient (Wildman–Crippen LogP) is 0.267. The summed E-state index contributed by atoms with van der Waals surface area (Å²) in [4.78, 5) is 87.2. The number of nitro groups is 4. The number of Topliss-reactive ketones (excluding diaryl/α,β-unsaturated/α-hetero) is 4. The van der Waals surface area contributed by atoms with Gasteiger partial charge in [-0.1, -0.05) is 11.1 Å². The Morgan fingerprint density at radius 3 is 1.09 bits per heavy atom. The summed E-state index contributed by atoms with van der Waals surface area (Å²) in [6.45, 7) is 7.28. The van der Waals surface area contributed by atoms with Crippen LogP contribution in [0.25, 0.3) is 5.73 Å². The number of nitrogens with zero attached hydrogens (tertiary/aromatic N) is 5. The van der Waals surface area contributed by atoms with E-state index in [1.165, 1.54) is 0 Å². The second-order valence-electron chi connectivity index (χ2n) is 9.75. The Morgan fingerprint density at radius 2 is 0.907 bits per heavy atom. The van der Waals surface area contributed by atoms with E-state index in [9.17, 15) is 59.6 Å². The molecule has 0 aliphatic carbocycles. The van der Waals surface area contributed by atoms with E-state index < -0.39 is 75.8 Å². The molecule has 0 aliphatic heterocycles. The molecule has 2 aromatic carbocycles. The smallest absolute Gasteiger partial charge is 0.676 e. The number of benzene rings is 2. The quantitative estimate of drug-likeness (QED) is 0.0718. The second-order valence-corrected chi connectivity index (χ2v) is 11.3. The Labute approximate surface area is 328 Å². The molecule has 0 heterocycles. The standard InChI is InChI=1S/2C11H9N2O6.C6H13Cl2N2.ClHO4.Co/c2*1-6(14)11(7(2)15)9-4-3-8(12(16)17)5-10(9)13(18)19;7-1-4-10(5-2-8)6-3-9;2-1(3,4)5;/h2*3-5H,1-2H3;9H,1-6H2;(H,2,3,4,5);/q3*-1;;+3/p-1. The molecular weight excluding hydrogens is 842 g/mol. The Bertz CT molecular complexity index is 1500. The Kier molecular flexibility index (Phi) is 26.4. The molecule has 0 aromatic heterocycles. The summed E-state index contributed by atoms with van der Waals surface area (Å²) in [5.74, 6) is -1.99. The number of hydrogen-bond acceptors (Lipinski definition) is 17. The number of non-ortho nitro benzene ring substituents is 2. The summed E-state index contributed by atoms with van der Waals surface area (Å²) in [6.07, 6.45) is 0. The number of alkyl halides is 2. The zero-order valence-electron chi connectivity index (χ0n) is 28.4. The fourth-order valence-corrected chi connectivity index (χ4v) is 4.46. The molecule has 2 aromatic rings. The normalized spacial score (nSPS) is 10.0. The van der Waals surface area contributed by atoms with Gasteiger partial charge in [0.25, 0.3) is 11.4 Å². The van der Waals surface area contributed by atoms with E-state index >= 15 is 0 Å². The number of carbonyl (C=O) groups is 4. The Balaban J connectivity index is -0.000000700. The molecule has 0 radical (unpaired) electrons. The summed E-state index contributed by atoms with van der Waals surface area (Å²) in [5, 5.41) is 42.9. The Hall–Kier alpha value is -4.40. The van der Waals surface area contributed by atoms with Gasteiger partial charge in [0.1, 0.15) is 23.1 Å². The van der Waals surface area contributed by atoms with E-state index in [4.69, 9.17) is 47.6 Å². The molecule has 0 aliphatic rings. The number of carbonyl (C=O) groups excluding carboxylic acids is 4. The average molecular weight is 873 g/mol. The fraction of sp³-hybridized carbons (Fsp3) is 0.357. The molecule has 0 unspecified atom stereocenters. The van der Waals surface area contributed by atoms with E-state index in [0.29, 0.717) is 18.3 Å². The van der Waals surface area contributed by atoms with Crippen molar-refractivity contribution in [2.24, 2.45) is 0 Å². The van der Waals surface area contributed by atoms with Gasteiger partial charge >= 0.3 is 16.8 Å². The first-order chi connectivity index (χ1) is 24.3. The maximum absolute atomic E-state index is 11.4. The topological polar surface area (TPSA) is 360 Å². The van der Waals surface area contributed by atoms with Crippen molar-refractivity contribution in [2.75, 3.05) is 37.9 Å². The molecule has 0 saturated carbocycles. The summed E-state index contributed by atoms with van der Waals surface area (Å²) >= 11 is 11.0. The molecule has 2 rings (SSSR count). The molecule has 0 saturated heterocycles. The molecule has 54 heavy (non-hydrogen) atoms. The zero-order chi connectivity index (χ0) is 41.8. The third-order valence-corrected chi connectivity index (χ3v) is 6.29. The molecule has 22 nitrogen and oxygen atoms in total. The van der Waals surface area contributed by atoms with Gasteiger partial charge in [-0.3, -0.25) is 40.5 Å². The second kappa shape index (κ2) is 26.4. The van der Waals surface area contributed by atoms with Crippen LogP contribution >= 0.6 is 23.2 Å². The number of halogens is 3. The number of nitro benzene ring substituents is 4. The van der Waals surface area contributed by atoms with Crippen LogP contribution in [0.2, 0.25) is 0 Å². The molecule has 0 fully saturated rings. The molecule has 0 atom stereocenters. The van der Waals surface area contributed by atoms with E-state index in [1.807, 2.05) is 0 Å². The van der Waals surface area contributed by atoms with Crippen LogP contribution in [-0.4, -0.2) is 85.7 Å². The summed E-state index contributed by atoms with van der Waals surface area (Å²) in [7, 11) is -4.94. The van der Waals surface area contributed by atoms with Crippen molar-refractivity contribution < 1.29 is 84.5 Å². The summed E-state index contributed by atoms with van der Waals surface area (Å²) in [5.41, 5.74) is 4.28. The van der Waals surface area contributed by atoms with Crippen molar-refractivity contribution in [1.29, 1.82) is 0 Å². The monoisotopic (exact) mass is 871 g/mol. The third kappa shape index (κ3) is 20.7. The molecule has 300 valence electrons. The van der Waals surface area contributed by atoms with Gasteiger partial charge in [-0.25, -0.2) is 18.6 Å². The van der Waals surface area contributed by atoms with Gasteiger partial charge in [-0.05, 0) is 58.2 Å². The number of ketones is 4. The van der Waals surface area contributed by atoms with E-state index in [1.54, 1.807) is 0 Å². The van der Waals surface area contributed by atoms with Crippen molar-refractivity contribution in [3.8, 4) is 0 Å². The van der Waals surface area contributed by atoms with Crippen LogP contribution in [0, 0.1) is 62.5 Å². The van der Waals surface area contributed by atoms with E-state index in [0.717, 1.165) is 83.7 Å². The number of hydrogen-bond donors (Lipinski definition) is 0. The molecule has 0 amide bonds. The first-order valence-corrected chi connectivity index (χ1v) is 16.4. The van der Waals surface area contributed by atoms with E-state index in [2.05, 4.69) is 4.90 Å². The van der Waals surface area contributed by atoms with Crippen LogP contribution in [0.1, 0.15) is 38.8 Å². The SMILES string of the molecule is CC(=O)[C-](C(C)=O)c1ccc([N+](=O)[O-])cc1[N+](=O)[O-].CC(=O)[C-](C(C)=O)c1ccc([N+](=O)[O-])cc1[N+](=O)[O-].[Co+3].[NH-]CCN(CCCl)CCCl.[O-][Cl+3]([O-])([O-])[O-]. The van der Waals surface area contributed by atoms with Crippen LogP contribution in [0.15, 0.2) is 36.4 Å². The molecule has 0 spiro atoms. The van der Waals surface area contributed by atoms with Gasteiger partial charge < -0.3 is 29.8 Å². The fourth-order valence-electron chi connectivity index (χ4n) is 3.98. The maximum Gasteiger partial charge on any atom is 3.00 e. The molecular formula is C28H31Cl3CoN6O16-. The third-order valence-electron chi connectivity index (χ3n) is 5.95. The minimum atomic E-state index is -4.94. The summed E-state index contributed by atoms with van der Waals surface area (Å²) < 4.78 is 34.0. The molecule has 1 N–H and O–H groups in total. The van der Waals surface area contributed by atoms with Crippen LogP contribution < -0.4 is 18.6 Å². The largest absolute Gasteiger partial charge is 3.00 e. The summed E-state index contributed by atoms with van der Waals surface area (Å²) in [6, 6.07) is 5.54. The molecule has 0 bridgehead atoms. The minimum Gasteiger partial charge on any atom is -0.676 e. The van der Waals surface area contributed by atoms with Gasteiger partial charge in [0.05, 0.1) is 9.85 Å². The molecule has 26 heteroatoms. The zero-order valence-corrected chi connectivity index (χ0v) is 31.8. The Morgan fingerprint density at radius 1 is 0.630 bits per heavy atom. The number of rotatable bonds is 16. The van der Waals surface area contributed by atoms with Gasteiger partial charge in [0.2, 0.25) is 0 Å². The van der Waals surface area contributed by atoms with Gasteiger partial charge in [-0.2, -0.15) is 0 Å². The van der Waals surface area contributed by atoms with Crippen molar-refractivity contribution in [3.63, 3.8) is 0 Å². The van der Waals surface area contributed by atoms with E-state index in [-0.39, 0.29) is 39.7 Å². The van der Waals surface area contributed by atoms with Gasteiger partial charge in [0, 0.05) is 46.8 Å². The van der Waals surface area contributed by atoms with Crippen LogP contribution in [0.4, 0.5) is 22.7 Å². The van der Waals surface area contributed by atoms with Crippen molar-refractivity contribution in [2.45, 2.75) is 27.7 Å². The van der Waals surface area contributed by atoms with Crippen molar-refractivity contribution in [1.82, 2.24) is 4.90 Å². The van der Waals surface area contributed by atoms with Crippen molar-refractivity contribution in [3.05, 3.63) is 106 Å². The van der Waals surface area contributed by atoms with Crippen LogP contribution in [0.5, 0.6) is 0 Å². The maximum atomic E-state index is 11.4. The minimum absolute atomic E-state index is 0. The first kappa shape index (κ1) is 53.9. The van der Waals surface area contributed by atoms with Crippen molar-refractivity contribution >= 4 is 69.1 Å². The van der Waals surface area contributed by atoms with Gasteiger partial charge in [-0.15, -0.1) is 52.1 Å². The van der Waals surface area contributed by atoms with Crippen LogP contribution in [0.3, 0.4) is 0 Å². The average Bonchev–Trinajstić information content (AvgIpc) is 3.00. The van der Waals surface area contributed by atoms with Crippen LogP contribution in [-0.2, 0) is 36.0 Å². The first-order valence-electron chi connectivity index (χ1n) is 14.1. The van der Waals surface area contributed by atoms with Gasteiger partial charge in [0.15, 0.2) is 11.4 Å². The predicted molar refractivity (Wildman–Crippen MR) is 174 cm³/mol. The number of nitrogens with one attached hydrogen (secondary N) is 1.